The Morgan fingerprint density at radius 3 is 2.67 bits per heavy atom. The van der Waals surface area contributed by atoms with E-state index in [0.717, 1.165) is 0 Å². The number of ether oxygens (including phenoxy) is 1. The maximum atomic E-state index is 11.4. The fraction of sp³-hybridized carbons (Fsp3) is 0.200. The molecule has 0 aliphatic carbocycles. The number of hydrogen-bond donors (Lipinski definition) is 0. The van der Waals surface area contributed by atoms with Crippen molar-refractivity contribution in [2.24, 2.45) is 0 Å². The maximum absolute atomic E-state index is 11.4. The highest BCUT2D eigenvalue weighted by atomic mass is 35.5. The van der Waals surface area contributed by atoms with E-state index in [2.05, 4.69) is 0 Å². The molecule has 1 rings (SSSR count). The van der Waals surface area contributed by atoms with Gasteiger partial charge in [0.2, 0.25) is 0 Å². The van der Waals surface area contributed by atoms with Crippen LogP contribution in [-0.4, -0.2) is 18.9 Å². The van der Waals surface area contributed by atoms with Crippen molar-refractivity contribution in [1.82, 2.24) is 0 Å². The van der Waals surface area contributed by atoms with Gasteiger partial charge in [0.25, 0.3) is 0 Å². The molecule has 0 atom stereocenters. The Hall–Kier alpha value is -1.06. The van der Waals surface area contributed by atoms with Crippen LogP contribution in [0.2, 0.25) is 10.0 Å². The molecule has 1 aromatic carbocycles. The van der Waals surface area contributed by atoms with E-state index in [4.69, 9.17) is 27.9 Å². The minimum atomic E-state index is -0.624. The Balaban J connectivity index is 3.26. The molecular weight excluding hydrogens is 239 g/mol. The molecule has 80 valence electrons. The second kappa shape index (κ2) is 5.14. The molecule has 0 spiro atoms. The molecule has 0 saturated carbocycles. The Morgan fingerprint density at radius 2 is 2.13 bits per heavy atom. The van der Waals surface area contributed by atoms with E-state index < -0.39 is 5.97 Å². The van der Waals surface area contributed by atoms with Gasteiger partial charge in [-0.1, -0.05) is 23.2 Å². The van der Waals surface area contributed by atoms with E-state index in [1.807, 2.05) is 0 Å². The third-order valence-corrected chi connectivity index (χ3v) is 2.21. The number of carbonyl (C=O) groups excluding carboxylic acids is 2. The van der Waals surface area contributed by atoms with Crippen LogP contribution in [0.25, 0.3) is 0 Å². The van der Waals surface area contributed by atoms with Crippen molar-refractivity contribution >= 4 is 35.5 Å². The van der Waals surface area contributed by atoms with E-state index in [-0.39, 0.29) is 22.8 Å². The summed E-state index contributed by atoms with van der Waals surface area (Å²) in [6.45, 7) is 1.89. The number of rotatable bonds is 3. The molecule has 1 aromatic rings. The summed E-state index contributed by atoms with van der Waals surface area (Å²) in [7, 11) is 0. The number of benzene rings is 1. The average molecular weight is 247 g/mol. The zero-order chi connectivity index (χ0) is 11.4. The van der Waals surface area contributed by atoms with E-state index in [1.165, 1.54) is 12.1 Å². The second-order valence-corrected chi connectivity index (χ2v) is 3.53. The van der Waals surface area contributed by atoms with Gasteiger partial charge in [-0.05, 0) is 19.1 Å². The van der Waals surface area contributed by atoms with Gasteiger partial charge in [-0.2, -0.15) is 0 Å². The van der Waals surface area contributed by atoms with Crippen LogP contribution in [0.1, 0.15) is 27.6 Å². The lowest BCUT2D eigenvalue weighted by atomic mass is 10.1. The number of esters is 1. The second-order valence-electron chi connectivity index (χ2n) is 2.69. The summed E-state index contributed by atoms with van der Waals surface area (Å²) < 4.78 is 4.77. The molecule has 0 amide bonds. The van der Waals surface area contributed by atoms with Crippen molar-refractivity contribution in [2.45, 2.75) is 6.92 Å². The Bertz CT molecular complexity index is 402. The van der Waals surface area contributed by atoms with Crippen molar-refractivity contribution in [1.29, 1.82) is 0 Å². The lowest BCUT2D eigenvalue weighted by molar-refractivity contribution is 0.0524. The summed E-state index contributed by atoms with van der Waals surface area (Å²) >= 11 is 11.5. The van der Waals surface area contributed by atoms with Crippen LogP contribution in [0, 0.1) is 0 Å². The van der Waals surface area contributed by atoms with Crippen LogP contribution < -0.4 is 0 Å². The number of halogens is 2. The predicted octanol–water partition coefficient (Wildman–Crippen LogP) is 2.98. The van der Waals surface area contributed by atoms with Crippen LogP contribution in [0.3, 0.4) is 0 Å². The van der Waals surface area contributed by atoms with E-state index in [9.17, 15) is 9.59 Å². The Kier molecular flexibility index (Phi) is 4.12. The molecule has 0 aliphatic rings. The molecule has 0 radical (unpaired) electrons. The summed E-state index contributed by atoms with van der Waals surface area (Å²) in [5, 5.41) is 0.415. The van der Waals surface area contributed by atoms with Gasteiger partial charge in [0, 0.05) is 10.6 Å². The summed E-state index contributed by atoms with van der Waals surface area (Å²) in [5.74, 6) is -0.624. The fourth-order valence-electron chi connectivity index (χ4n) is 1.11. The molecule has 0 aliphatic heterocycles. The zero-order valence-electron chi connectivity index (χ0n) is 7.92. The minimum absolute atomic E-state index is 0.0536. The zero-order valence-corrected chi connectivity index (χ0v) is 9.43. The van der Waals surface area contributed by atoms with Crippen LogP contribution in [0.5, 0.6) is 0 Å². The fourth-order valence-corrected chi connectivity index (χ4v) is 1.69. The molecule has 5 heteroatoms. The predicted molar refractivity (Wildman–Crippen MR) is 57.8 cm³/mol. The number of carbonyl (C=O) groups is 2. The summed E-state index contributed by atoms with van der Waals surface area (Å²) in [5.41, 5.74) is 0.184. The van der Waals surface area contributed by atoms with Crippen molar-refractivity contribution < 1.29 is 14.3 Å². The summed E-state index contributed by atoms with van der Waals surface area (Å²) in [4.78, 5) is 22.2. The van der Waals surface area contributed by atoms with Gasteiger partial charge in [-0.25, -0.2) is 4.79 Å². The first-order chi connectivity index (χ1) is 7.10. The lowest BCUT2D eigenvalue weighted by Gasteiger charge is -2.06. The molecular formula is C10H8Cl2O3. The van der Waals surface area contributed by atoms with E-state index >= 15 is 0 Å². The molecule has 0 heterocycles. The van der Waals surface area contributed by atoms with Crippen molar-refractivity contribution in [3.05, 3.63) is 33.3 Å². The molecule has 0 N–H and O–H groups in total. The van der Waals surface area contributed by atoms with Gasteiger partial charge in [0.15, 0.2) is 6.29 Å². The first-order valence-corrected chi connectivity index (χ1v) is 4.97. The Labute approximate surface area is 96.9 Å². The molecule has 0 bridgehead atoms. The lowest BCUT2D eigenvalue weighted by Crippen LogP contribution is -2.08. The minimum Gasteiger partial charge on any atom is -0.462 e. The van der Waals surface area contributed by atoms with Crippen molar-refractivity contribution in [3.63, 3.8) is 0 Å². The van der Waals surface area contributed by atoms with Crippen LogP contribution in [0.4, 0.5) is 0 Å². The molecule has 0 saturated heterocycles. The average Bonchev–Trinajstić information content (AvgIpc) is 2.16. The SMILES string of the molecule is CCOC(=O)c1c(Cl)cc(Cl)cc1C=O. The van der Waals surface area contributed by atoms with Gasteiger partial charge >= 0.3 is 5.97 Å². The molecule has 0 unspecified atom stereocenters. The highest BCUT2D eigenvalue weighted by Gasteiger charge is 2.17. The summed E-state index contributed by atoms with van der Waals surface area (Å²) in [6.07, 6.45) is 0.518. The molecule has 0 fully saturated rings. The van der Waals surface area contributed by atoms with Crippen molar-refractivity contribution in [3.8, 4) is 0 Å². The Morgan fingerprint density at radius 1 is 1.47 bits per heavy atom. The van der Waals surface area contributed by atoms with Crippen LogP contribution in [-0.2, 0) is 4.74 Å². The van der Waals surface area contributed by atoms with Gasteiger partial charge < -0.3 is 4.74 Å². The smallest absolute Gasteiger partial charge is 0.340 e. The van der Waals surface area contributed by atoms with Gasteiger partial charge in [0.05, 0.1) is 17.2 Å². The van der Waals surface area contributed by atoms with Crippen molar-refractivity contribution in [2.75, 3.05) is 6.61 Å². The van der Waals surface area contributed by atoms with E-state index in [1.54, 1.807) is 6.92 Å². The molecule has 0 aromatic heterocycles. The third-order valence-electron chi connectivity index (χ3n) is 1.69. The van der Waals surface area contributed by atoms with Crippen LogP contribution >= 0.6 is 23.2 Å². The third kappa shape index (κ3) is 2.70. The maximum Gasteiger partial charge on any atom is 0.340 e. The molecule has 3 nitrogen and oxygen atoms in total. The normalized spacial score (nSPS) is 9.80. The standard InChI is InChI=1S/C10H8Cl2O3/c1-2-15-10(14)9-6(5-13)3-7(11)4-8(9)12/h3-5H,2H2,1H3. The largest absolute Gasteiger partial charge is 0.462 e. The van der Waals surface area contributed by atoms with Gasteiger partial charge in [-0.15, -0.1) is 0 Å². The van der Waals surface area contributed by atoms with Crippen LogP contribution in [0.15, 0.2) is 12.1 Å². The first-order valence-electron chi connectivity index (χ1n) is 4.21. The number of aldehydes is 1. The highest BCUT2D eigenvalue weighted by Crippen LogP contribution is 2.25. The summed E-state index contributed by atoms with van der Waals surface area (Å²) in [6, 6.07) is 2.76. The quantitative estimate of drug-likeness (QED) is 0.609. The topological polar surface area (TPSA) is 43.4 Å². The first kappa shape index (κ1) is 12.0. The molecule has 15 heavy (non-hydrogen) atoms. The van der Waals surface area contributed by atoms with Gasteiger partial charge in [0.1, 0.15) is 0 Å². The monoisotopic (exact) mass is 246 g/mol. The number of hydrogen-bond acceptors (Lipinski definition) is 3. The van der Waals surface area contributed by atoms with Gasteiger partial charge in [-0.3, -0.25) is 4.79 Å². The highest BCUT2D eigenvalue weighted by molar-refractivity contribution is 6.37. The van der Waals surface area contributed by atoms with E-state index in [0.29, 0.717) is 11.3 Å².